The van der Waals surface area contributed by atoms with E-state index >= 15 is 0 Å². The first-order valence-electron chi connectivity index (χ1n) is 5.33. The summed E-state index contributed by atoms with van der Waals surface area (Å²) >= 11 is 0. The number of nitrogens with zero attached hydrogens (tertiary/aromatic N) is 1. The Balaban J connectivity index is 0. The van der Waals surface area contributed by atoms with Crippen LogP contribution in [-0.4, -0.2) is 12.1 Å². The van der Waals surface area contributed by atoms with Crippen molar-refractivity contribution >= 4 is 0 Å². The van der Waals surface area contributed by atoms with Crippen LogP contribution in [0.3, 0.4) is 0 Å². The summed E-state index contributed by atoms with van der Waals surface area (Å²) in [6, 6.07) is 1.71. The number of hydrogen-bond acceptors (Lipinski definition) is 2. The molecular weight excluding hydrogens is 193 g/mol. The van der Waals surface area contributed by atoms with E-state index in [-0.39, 0.29) is 0 Å². The van der Waals surface area contributed by atoms with Gasteiger partial charge in [-0.15, -0.1) is 0 Å². The van der Waals surface area contributed by atoms with Crippen molar-refractivity contribution in [3.8, 4) is 5.75 Å². The number of ether oxygens (including phenoxy) is 1. The van der Waals surface area contributed by atoms with E-state index in [9.17, 15) is 4.39 Å². The molecule has 1 aromatic rings. The number of aromatic nitrogens is 1. The van der Waals surface area contributed by atoms with Crippen molar-refractivity contribution in [2.24, 2.45) is 0 Å². The van der Waals surface area contributed by atoms with Gasteiger partial charge in [-0.3, -0.25) is 0 Å². The number of halogens is 1. The van der Waals surface area contributed by atoms with Crippen molar-refractivity contribution in [1.29, 1.82) is 0 Å². The zero-order valence-electron chi connectivity index (χ0n) is 10.8. The summed E-state index contributed by atoms with van der Waals surface area (Å²) in [6.45, 7) is 11.4. The highest BCUT2D eigenvalue weighted by Gasteiger charge is 2.05. The maximum absolute atomic E-state index is 12.8. The van der Waals surface area contributed by atoms with Crippen molar-refractivity contribution in [3.63, 3.8) is 0 Å². The van der Waals surface area contributed by atoms with E-state index in [0.717, 1.165) is 0 Å². The number of hydrogen-bond donors (Lipinski definition) is 0. The Morgan fingerprint density at radius 3 is 2.00 bits per heavy atom. The second kappa shape index (κ2) is 9.44. The molecule has 0 saturated heterocycles. The van der Waals surface area contributed by atoms with Gasteiger partial charge in [-0.05, 0) is 13.8 Å². The SMILES string of the molecule is CC.CC.COc1cc(C)nc(F)c1C. The number of rotatable bonds is 1. The molecule has 1 aromatic heterocycles. The summed E-state index contributed by atoms with van der Waals surface area (Å²) in [6.07, 6.45) is 0. The molecule has 0 fully saturated rings. The van der Waals surface area contributed by atoms with Crippen LogP contribution in [0.25, 0.3) is 0 Å². The molecule has 15 heavy (non-hydrogen) atoms. The zero-order chi connectivity index (χ0) is 12.4. The molecule has 0 aromatic carbocycles. The molecule has 88 valence electrons. The van der Waals surface area contributed by atoms with Crippen molar-refractivity contribution in [1.82, 2.24) is 4.98 Å². The van der Waals surface area contributed by atoms with Crippen LogP contribution in [0.15, 0.2) is 6.07 Å². The van der Waals surface area contributed by atoms with E-state index in [4.69, 9.17) is 4.74 Å². The Hall–Kier alpha value is -1.12. The van der Waals surface area contributed by atoms with Crippen LogP contribution >= 0.6 is 0 Å². The molecule has 0 amide bonds. The molecule has 0 atom stereocenters. The first-order chi connectivity index (χ1) is 7.15. The largest absolute Gasteiger partial charge is 0.496 e. The third-order valence-corrected chi connectivity index (χ3v) is 1.51. The lowest BCUT2D eigenvalue weighted by atomic mass is 10.2. The van der Waals surface area contributed by atoms with E-state index in [1.54, 1.807) is 19.9 Å². The fourth-order valence-electron chi connectivity index (χ4n) is 0.883. The Bertz CT molecular complexity index is 275. The van der Waals surface area contributed by atoms with Gasteiger partial charge in [0.05, 0.1) is 7.11 Å². The average molecular weight is 215 g/mol. The minimum Gasteiger partial charge on any atom is -0.496 e. The van der Waals surface area contributed by atoms with Crippen LogP contribution in [0.2, 0.25) is 0 Å². The van der Waals surface area contributed by atoms with Gasteiger partial charge in [-0.25, -0.2) is 4.98 Å². The summed E-state index contributed by atoms with van der Waals surface area (Å²) in [5.41, 5.74) is 1.09. The second-order valence-corrected chi connectivity index (χ2v) is 2.38. The summed E-state index contributed by atoms with van der Waals surface area (Å²) in [5.74, 6) is 0.0943. The lowest BCUT2D eigenvalue weighted by Crippen LogP contribution is -1.95. The standard InChI is InChI=1S/C8H10FNO.2C2H6/c1-5-4-7(11-3)6(2)8(9)10-5;2*1-2/h4H,1-3H3;2*1-2H3. The van der Waals surface area contributed by atoms with Crippen LogP contribution in [0, 0.1) is 19.8 Å². The minimum atomic E-state index is -0.457. The number of pyridine rings is 1. The molecule has 0 radical (unpaired) electrons. The van der Waals surface area contributed by atoms with Gasteiger partial charge >= 0.3 is 0 Å². The van der Waals surface area contributed by atoms with Crippen molar-refractivity contribution in [3.05, 3.63) is 23.3 Å². The lowest BCUT2D eigenvalue weighted by Gasteiger charge is -2.04. The highest BCUT2D eigenvalue weighted by Crippen LogP contribution is 2.19. The first-order valence-corrected chi connectivity index (χ1v) is 5.33. The van der Waals surface area contributed by atoms with Crippen LogP contribution in [0.1, 0.15) is 39.0 Å². The molecule has 0 bridgehead atoms. The lowest BCUT2D eigenvalue weighted by molar-refractivity contribution is 0.403. The van der Waals surface area contributed by atoms with Crippen LogP contribution in [0.4, 0.5) is 4.39 Å². The highest BCUT2D eigenvalue weighted by molar-refractivity contribution is 5.32. The quantitative estimate of drug-likeness (QED) is 0.663. The molecule has 0 aliphatic carbocycles. The fraction of sp³-hybridized carbons (Fsp3) is 0.583. The van der Waals surface area contributed by atoms with Crippen LogP contribution in [0.5, 0.6) is 5.75 Å². The summed E-state index contributed by atoms with van der Waals surface area (Å²) in [5, 5.41) is 0. The fourth-order valence-corrected chi connectivity index (χ4v) is 0.883. The molecule has 0 unspecified atom stereocenters. The number of methoxy groups -OCH3 is 1. The molecule has 0 spiro atoms. The number of aryl methyl sites for hydroxylation is 1. The first kappa shape index (κ1) is 16.3. The molecular formula is C12H22FNO. The molecule has 3 heteroatoms. The summed E-state index contributed by atoms with van der Waals surface area (Å²) in [4.78, 5) is 3.64. The van der Waals surface area contributed by atoms with Gasteiger partial charge in [0.2, 0.25) is 5.95 Å². The third kappa shape index (κ3) is 5.35. The monoisotopic (exact) mass is 215 g/mol. The topological polar surface area (TPSA) is 22.1 Å². The van der Waals surface area contributed by atoms with Gasteiger partial charge in [0.25, 0.3) is 0 Å². The molecule has 2 nitrogen and oxygen atoms in total. The Morgan fingerprint density at radius 2 is 1.60 bits per heavy atom. The van der Waals surface area contributed by atoms with Crippen molar-refractivity contribution in [2.75, 3.05) is 7.11 Å². The van der Waals surface area contributed by atoms with E-state index in [1.165, 1.54) is 7.11 Å². The molecule has 0 N–H and O–H groups in total. The normalized spacial score (nSPS) is 8.00. The molecule has 0 aliphatic rings. The molecule has 0 saturated carbocycles. The minimum absolute atomic E-state index is 0.457. The van der Waals surface area contributed by atoms with Gasteiger partial charge in [-0.2, -0.15) is 4.39 Å². The van der Waals surface area contributed by atoms with E-state index in [2.05, 4.69) is 4.98 Å². The third-order valence-electron chi connectivity index (χ3n) is 1.51. The predicted molar refractivity (Wildman–Crippen MR) is 62.9 cm³/mol. The molecule has 1 rings (SSSR count). The van der Waals surface area contributed by atoms with E-state index in [0.29, 0.717) is 17.0 Å². The van der Waals surface area contributed by atoms with Gasteiger partial charge in [-0.1, -0.05) is 27.7 Å². The summed E-state index contributed by atoms with van der Waals surface area (Å²) < 4.78 is 17.8. The van der Waals surface area contributed by atoms with Crippen molar-refractivity contribution in [2.45, 2.75) is 41.5 Å². The van der Waals surface area contributed by atoms with E-state index < -0.39 is 5.95 Å². The maximum atomic E-state index is 12.8. The maximum Gasteiger partial charge on any atom is 0.219 e. The predicted octanol–water partition coefficient (Wildman–Crippen LogP) is 3.90. The zero-order valence-corrected chi connectivity index (χ0v) is 10.8. The smallest absolute Gasteiger partial charge is 0.219 e. The average Bonchev–Trinajstić information content (AvgIpc) is 2.29. The second-order valence-electron chi connectivity index (χ2n) is 2.38. The van der Waals surface area contributed by atoms with Crippen molar-refractivity contribution < 1.29 is 9.13 Å². The molecule has 0 aliphatic heterocycles. The van der Waals surface area contributed by atoms with Gasteiger partial charge in [0.15, 0.2) is 0 Å². The highest BCUT2D eigenvalue weighted by atomic mass is 19.1. The Kier molecular flexibility index (Phi) is 10.3. The van der Waals surface area contributed by atoms with Crippen LogP contribution < -0.4 is 4.74 Å². The van der Waals surface area contributed by atoms with Crippen LogP contribution in [-0.2, 0) is 0 Å². The van der Waals surface area contributed by atoms with Gasteiger partial charge in [0, 0.05) is 17.3 Å². The summed E-state index contributed by atoms with van der Waals surface area (Å²) in [7, 11) is 1.52. The van der Waals surface area contributed by atoms with Gasteiger partial charge < -0.3 is 4.74 Å². The Morgan fingerprint density at radius 1 is 1.13 bits per heavy atom. The van der Waals surface area contributed by atoms with Gasteiger partial charge in [0.1, 0.15) is 5.75 Å². The molecule has 1 heterocycles. The van der Waals surface area contributed by atoms with E-state index in [1.807, 2.05) is 27.7 Å². The Labute approximate surface area is 92.5 Å².